The fraction of sp³-hybridized carbons (Fsp3) is 0.100. The molecular formula is C30H25N7O2S. The van der Waals surface area contributed by atoms with E-state index in [0.717, 1.165) is 21.7 Å². The number of pyridine rings is 1. The first-order valence-corrected chi connectivity index (χ1v) is 13.5. The second-order valence-corrected chi connectivity index (χ2v) is 10.4. The molecule has 0 spiro atoms. The van der Waals surface area contributed by atoms with Crippen molar-refractivity contribution in [3.63, 3.8) is 0 Å². The zero-order chi connectivity index (χ0) is 27.8. The maximum Gasteiger partial charge on any atom is 0.263 e. The van der Waals surface area contributed by atoms with Crippen LogP contribution in [0.15, 0.2) is 83.2 Å². The Morgan fingerprint density at radius 1 is 1.10 bits per heavy atom. The number of nitrogens with two attached hydrogens (primary N) is 1. The van der Waals surface area contributed by atoms with Gasteiger partial charge in [0, 0.05) is 29.2 Å². The lowest BCUT2D eigenvalue weighted by Crippen LogP contribution is -2.32. The molecule has 1 unspecified atom stereocenters. The predicted octanol–water partition coefficient (Wildman–Crippen LogP) is 5.04. The number of hydrogen-bond donors (Lipinski definition) is 2. The summed E-state index contributed by atoms with van der Waals surface area (Å²) >= 11 is 1.58. The number of amides is 1. The summed E-state index contributed by atoms with van der Waals surface area (Å²) in [5, 5.41) is 11.5. The number of rotatable bonds is 6. The van der Waals surface area contributed by atoms with Crippen LogP contribution in [-0.4, -0.2) is 30.1 Å². The van der Waals surface area contributed by atoms with Crippen molar-refractivity contribution < 1.29 is 4.79 Å². The maximum atomic E-state index is 14.2. The summed E-state index contributed by atoms with van der Waals surface area (Å²) < 4.78 is 3.11. The Morgan fingerprint density at radius 2 is 1.93 bits per heavy atom. The van der Waals surface area contributed by atoms with E-state index in [9.17, 15) is 9.59 Å². The molecule has 1 atom stereocenters. The van der Waals surface area contributed by atoms with Gasteiger partial charge in [-0.15, -0.1) is 16.4 Å². The molecule has 0 bridgehead atoms. The highest BCUT2D eigenvalue weighted by Gasteiger charge is 2.23. The Labute approximate surface area is 233 Å². The van der Waals surface area contributed by atoms with E-state index in [0.29, 0.717) is 22.4 Å². The lowest BCUT2D eigenvalue weighted by atomic mass is 10.0. The number of carbonyl (C=O) groups is 1. The number of nitrogens with zero attached hydrogens (tertiary/aromatic N) is 5. The van der Waals surface area contributed by atoms with Gasteiger partial charge in [-0.2, -0.15) is 0 Å². The smallest absolute Gasteiger partial charge is 0.263 e. The van der Waals surface area contributed by atoms with E-state index in [-0.39, 0.29) is 16.9 Å². The molecule has 40 heavy (non-hydrogen) atoms. The van der Waals surface area contributed by atoms with Crippen LogP contribution in [0.25, 0.3) is 34.3 Å². The van der Waals surface area contributed by atoms with Crippen molar-refractivity contribution in [2.75, 3.05) is 5.73 Å². The minimum Gasteiger partial charge on any atom is -0.381 e. The molecule has 0 saturated heterocycles. The molecule has 10 heteroatoms. The molecule has 9 nitrogen and oxygen atoms in total. The van der Waals surface area contributed by atoms with Gasteiger partial charge < -0.3 is 11.1 Å². The minimum absolute atomic E-state index is 0.0779. The van der Waals surface area contributed by atoms with Gasteiger partial charge in [0.15, 0.2) is 11.5 Å². The highest BCUT2D eigenvalue weighted by atomic mass is 32.1. The van der Waals surface area contributed by atoms with Crippen LogP contribution in [0.5, 0.6) is 0 Å². The van der Waals surface area contributed by atoms with Crippen LogP contribution < -0.4 is 16.6 Å². The van der Waals surface area contributed by atoms with Gasteiger partial charge in [0.25, 0.3) is 11.5 Å². The lowest BCUT2D eigenvalue weighted by molar-refractivity contribution is 0.0941. The van der Waals surface area contributed by atoms with E-state index >= 15 is 0 Å². The fourth-order valence-electron chi connectivity index (χ4n) is 4.81. The van der Waals surface area contributed by atoms with E-state index in [1.807, 2.05) is 86.0 Å². The van der Waals surface area contributed by atoms with E-state index < -0.39 is 11.9 Å². The van der Waals surface area contributed by atoms with Gasteiger partial charge in [-0.25, -0.2) is 14.5 Å². The predicted molar refractivity (Wildman–Crippen MR) is 159 cm³/mol. The van der Waals surface area contributed by atoms with Gasteiger partial charge in [-0.1, -0.05) is 42.5 Å². The van der Waals surface area contributed by atoms with Crippen molar-refractivity contribution in [2.24, 2.45) is 0 Å². The second kappa shape index (κ2) is 10.2. The molecular weight excluding hydrogens is 522 g/mol. The third-order valence-electron chi connectivity index (χ3n) is 6.63. The molecule has 0 aliphatic carbocycles. The van der Waals surface area contributed by atoms with Crippen molar-refractivity contribution in [3.05, 3.63) is 116 Å². The number of nitrogen functional groups attached to an aromatic ring is 1. The number of fused-ring (bicyclic) bond motifs is 2. The molecule has 3 N–H and O–H groups in total. The highest BCUT2D eigenvalue weighted by molar-refractivity contribution is 7.09. The summed E-state index contributed by atoms with van der Waals surface area (Å²) in [6.07, 6.45) is 7.08. The third-order valence-corrected chi connectivity index (χ3v) is 7.42. The van der Waals surface area contributed by atoms with Crippen molar-refractivity contribution >= 4 is 51.6 Å². The van der Waals surface area contributed by atoms with Crippen LogP contribution in [-0.2, 0) is 0 Å². The van der Waals surface area contributed by atoms with Crippen molar-refractivity contribution in [1.82, 2.24) is 29.5 Å². The molecule has 1 amide bonds. The average Bonchev–Trinajstić information content (AvgIpc) is 3.53. The van der Waals surface area contributed by atoms with Gasteiger partial charge in [0.05, 0.1) is 22.1 Å². The quantitative estimate of drug-likeness (QED) is 0.301. The molecule has 6 rings (SSSR count). The van der Waals surface area contributed by atoms with Crippen LogP contribution in [0.4, 0.5) is 5.82 Å². The molecule has 4 heterocycles. The van der Waals surface area contributed by atoms with Crippen molar-refractivity contribution in [3.8, 4) is 5.69 Å². The number of carbonyl (C=O) groups excluding carboxylic acids is 1. The molecule has 198 valence electrons. The number of aromatic nitrogens is 5. The molecule has 0 aliphatic rings. The minimum atomic E-state index is -0.556. The van der Waals surface area contributed by atoms with Crippen LogP contribution >= 0.6 is 11.3 Å². The molecule has 0 radical (unpaired) electrons. The first-order valence-electron chi connectivity index (χ1n) is 12.6. The first-order chi connectivity index (χ1) is 19.4. The summed E-state index contributed by atoms with van der Waals surface area (Å²) in [6, 6.07) is 18.2. The largest absolute Gasteiger partial charge is 0.381 e. The molecule has 6 aromatic rings. The average molecular weight is 548 g/mol. The van der Waals surface area contributed by atoms with Crippen LogP contribution in [0.1, 0.15) is 45.3 Å². The standard InChI is InChI=1S/C30H25N7O2S/c1-18(33-29(38)26-27(31)35-36-15-7-14-32-28(26)36)24-16-21-9-6-8-20(12-13-22-17-40-19(2)34-22)25(21)30(39)37(24)23-10-4-3-5-11-23/h3-18H,1-2H3,(H2,31,35)(H,33,38)/b13-12+. The van der Waals surface area contributed by atoms with E-state index in [1.165, 1.54) is 4.52 Å². The van der Waals surface area contributed by atoms with Crippen LogP contribution in [0.3, 0.4) is 0 Å². The van der Waals surface area contributed by atoms with Crippen LogP contribution in [0.2, 0.25) is 0 Å². The number of nitrogens with one attached hydrogen (secondary N) is 1. The van der Waals surface area contributed by atoms with Crippen LogP contribution in [0, 0.1) is 6.92 Å². The third kappa shape index (κ3) is 4.54. The zero-order valence-electron chi connectivity index (χ0n) is 21.8. The number of thiazole rings is 1. The zero-order valence-corrected chi connectivity index (χ0v) is 22.6. The number of hydrogen-bond acceptors (Lipinski definition) is 7. The van der Waals surface area contributed by atoms with E-state index in [1.54, 1.807) is 34.4 Å². The summed E-state index contributed by atoms with van der Waals surface area (Å²) in [7, 11) is 0. The number of aryl methyl sites for hydroxylation is 1. The Balaban J connectivity index is 1.46. The van der Waals surface area contributed by atoms with Gasteiger partial charge in [0.1, 0.15) is 5.56 Å². The summed E-state index contributed by atoms with van der Waals surface area (Å²) in [6.45, 7) is 3.79. The van der Waals surface area contributed by atoms with Crippen molar-refractivity contribution in [2.45, 2.75) is 19.9 Å². The maximum absolute atomic E-state index is 14.2. The molecule has 0 fully saturated rings. The Kier molecular flexibility index (Phi) is 6.45. The number of anilines is 1. The van der Waals surface area contributed by atoms with Gasteiger partial charge in [0.2, 0.25) is 0 Å². The Bertz CT molecular complexity index is 1970. The number of para-hydroxylation sites is 1. The van der Waals surface area contributed by atoms with Gasteiger partial charge in [-0.3, -0.25) is 14.2 Å². The van der Waals surface area contributed by atoms with Gasteiger partial charge in [-0.05, 0) is 55.1 Å². The molecule has 0 saturated carbocycles. The fourth-order valence-corrected chi connectivity index (χ4v) is 5.39. The Morgan fingerprint density at radius 3 is 2.70 bits per heavy atom. The van der Waals surface area contributed by atoms with E-state index in [2.05, 4.69) is 20.4 Å². The normalized spacial score (nSPS) is 12.3. The summed E-state index contributed by atoms with van der Waals surface area (Å²) in [5.74, 6) is -0.352. The topological polar surface area (TPSA) is 120 Å². The molecule has 0 aliphatic heterocycles. The number of benzene rings is 2. The lowest BCUT2D eigenvalue weighted by Gasteiger charge is -2.21. The summed E-state index contributed by atoms with van der Waals surface area (Å²) in [4.78, 5) is 36.4. The monoisotopic (exact) mass is 547 g/mol. The second-order valence-electron chi connectivity index (χ2n) is 9.32. The molecule has 4 aromatic heterocycles. The summed E-state index contributed by atoms with van der Waals surface area (Å²) in [5.41, 5.74) is 9.37. The Hall–Kier alpha value is -5.09. The van der Waals surface area contributed by atoms with Crippen molar-refractivity contribution in [1.29, 1.82) is 0 Å². The van der Waals surface area contributed by atoms with Gasteiger partial charge >= 0.3 is 0 Å². The van der Waals surface area contributed by atoms with E-state index in [4.69, 9.17) is 5.73 Å². The SMILES string of the molecule is Cc1nc(/C=C/c2cccc3cc(C(C)NC(=O)c4c(N)nn5cccnc45)n(-c4ccccc4)c(=O)c23)cs1. The first kappa shape index (κ1) is 25.2. The molecule has 2 aromatic carbocycles. The highest BCUT2D eigenvalue weighted by Crippen LogP contribution is 2.25.